The molecule has 1 N–H and O–H groups in total. The quantitative estimate of drug-likeness (QED) is 0.864. The maximum atomic E-state index is 12.6. The van der Waals surface area contributed by atoms with Crippen molar-refractivity contribution < 1.29 is 9.53 Å². The van der Waals surface area contributed by atoms with Gasteiger partial charge in [0.25, 0.3) is 0 Å². The number of rotatable bonds is 3. The Balaban J connectivity index is 0.00000176. The number of nitrogens with zero attached hydrogens (tertiary/aromatic N) is 1. The number of hydrogen-bond acceptors (Lipinski definition) is 3. The molecule has 0 aliphatic carbocycles. The Labute approximate surface area is 146 Å². The van der Waals surface area contributed by atoms with Crippen LogP contribution in [-0.4, -0.2) is 43.1 Å². The molecule has 2 aliphatic heterocycles. The van der Waals surface area contributed by atoms with Crippen LogP contribution in [0, 0.1) is 0 Å². The summed E-state index contributed by atoms with van der Waals surface area (Å²) in [6.07, 6.45) is 3.92. The minimum Gasteiger partial charge on any atom is -0.496 e. The van der Waals surface area contributed by atoms with E-state index in [0.29, 0.717) is 18.5 Å². The van der Waals surface area contributed by atoms with Gasteiger partial charge in [-0.25, -0.2) is 0 Å². The number of nitrogens with one attached hydrogen (secondary N) is 1. The first-order valence-electron chi connectivity index (χ1n) is 7.52. The van der Waals surface area contributed by atoms with Gasteiger partial charge in [0.15, 0.2) is 0 Å². The van der Waals surface area contributed by atoms with Crippen LogP contribution in [0.5, 0.6) is 5.75 Å². The third-order valence-electron chi connectivity index (χ3n) is 4.46. The molecule has 22 heavy (non-hydrogen) atoms. The first-order chi connectivity index (χ1) is 10.2. The summed E-state index contributed by atoms with van der Waals surface area (Å²) in [6.45, 7) is 1.70. The van der Waals surface area contributed by atoms with E-state index in [1.807, 2.05) is 23.1 Å². The fraction of sp³-hybridized carbons (Fsp3) is 0.562. The first-order valence-corrected chi connectivity index (χ1v) is 8.31. The number of methoxy groups -OCH3 is 1. The summed E-state index contributed by atoms with van der Waals surface area (Å²) in [5.41, 5.74) is 0.944. The van der Waals surface area contributed by atoms with E-state index in [9.17, 15) is 4.79 Å². The molecule has 1 amide bonds. The van der Waals surface area contributed by atoms with Gasteiger partial charge < -0.3 is 15.0 Å². The number of likely N-dealkylation sites (tertiary alicyclic amines) is 1. The van der Waals surface area contributed by atoms with E-state index in [-0.39, 0.29) is 18.3 Å². The highest BCUT2D eigenvalue weighted by molar-refractivity contribution is 9.10. The Morgan fingerprint density at radius 1 is 1.36 bits per heavy atom. The van der Waals surface area contributed by atoms with Crippen LogP contribution in [0.4, 0.5) is 0 Å². The molecule has 2 bridgehead atoms. The maximum Gasteiger partial charge on any atom is 0.227 e. The van der Waals surface area contributed by atoms with Gasteiger partial charge in [-0.2, -0.15) is 0 Å². The summed E-state index contributed by atoms with van der Waals surface area (Å²) < 4.78 is 6.33. The molecule has 0 saturated carbocycles. The molecule has 2 fully saturated rings. The molecule has 2 heterocycles. The largest absolute Gasteiger partial charge is 0.496 e. The number of benzene rings is 1. The smallest absolute Gasteiger partial charge is 0.227 e. The lowest BCUT2D eigenvalue weighted by atomic mass is 10.1. The lowest BCUT2D eigenvalue weighted by molar-refractivity contribution is -0.130. The fourth-order valence-electron chi connectivity index (χ4n) is 3.33. The van der Waals surface area contributed by atoms with Crippen molar-refractivity contribution in [3.63, 3.8) is 0 Å². The molecule has 1 aromatic carbocycles. The third-order valence-corrected chi connectivity index (χ3v) is 4.95. The fourth-order valence-corrected chi connectivity index (χ4v) is 3.74. The van der Waals surface area contributed by atoms with Crippen LogP contribution in [0.2, 0.25) is 0 Å². The van der Waals surface area contributed by atoms with Gasteiger partial charge in [0, 0.05) is 35.2 Å². The molecule has 2 saturated heterocycles. The summed E-state index contributed by atoms with van der Waals surface area (Å²) in [7, 11) is 1.64. The normalized spacial score (nSPS) is 23.6. The minimum atomic E-state index is 0. The number of fused-ring (bicyclic) bond motifs is 2. The Morgan fingerprint density at radius 2 is 2.14 bits per heavy atom. The lowest BCUT2D eigenvalue weighted by Gasteiger charge is -2.24. The Bertz CT molecular complexity index is 541. The zero-order chi connectivity index (χ0) is 14.8. The number of amides is 1. The third kappa shape index (κ3) is 3.94. The SMILES string of the molecule is COc1ccc(Br)cc1CC(=O)N1CCC2CCC(C1)N2.Cl. The van der Waals surface area contributed by atoms with E-state index in [1.165, 1.54) is 12.8 Å². The van der Waals surface area contributed by atoms with Gasteiger partial charge in [-0.05, 0) is 37.5 Å². The number of carbonyl (C=O) groups is 1. The van der Waals surface area contributed by atoms with Gasteiger partial charge in [-0.1, -0.05) is 15.9 Å². The van der Waals surface area contributed by atoms with Crippen molar-refractivity contribution in [2.24, 2.45) is 0 Å². The molecule has 0 radical (unpaired) electrons. The zero-order valence-corrected chi connectivity index (χ0v) is 15.1. The van der Waals surface area contributed by atoms with Gasteiger partial charge in [-0.3, -0.25) is 4.79 Å². The highest BCUT2D eigenvalue weighted by Gasteiger charge is 2.31. The molecule has 4 nitrogen and oxygen atoms in total. The number of carbonyl (C=O) groups excluding carboxylic acids is 1. The number of ether oxygens (including phenoxy) is 1. The highest BCUT2D eigenvalue weighted by Crippen LogP contribution is 2.25. The first kappa shape index (κ1) is 17.6. The lowest BCUT2D eigenvalue weighted by Crippen LogP contribution is -2.39. The summed E-state index contributed by atoms with van der Waals surface area (Å²) in [4.78, 5) is 14.6. The summed E-state index contributed by atoms with van der Waals surface area (Å²) in [5.74, 6) is 0.974. The molecule has 122 valence electrons. The number of halogens is 2. The van der Waals surface area contributed by atoms with Crippen molar-refractivity contribution >= 4 is 34.2 Å². The van der Waals surface area contributed by atoms with Crippen molar-refractivity contribution in [1.82, 2.24) is 10.2 Å². The van der Waals surface area contributed by atoms with E-state index < -0.39 is 0 Å². The van der Waals surface area contributed by atoms with Crippen LogP contribution in [-0.2, 0) is 11.2 Å². The van der Waals surface area contributed by atoms with E-state index in [1.54, 1.807) is 7.11 Å². The molecular formula is C16H22BrClN2O2. The van der Waals surface area contributed by atoms with E-state index in [0.717, 1.165) is 35.3 Å². The molecule has 6 heteroatoms. The molecule has 2 aliphatic rings. The van der Waals surface area contributed by atoms with Gasteiger partial charge in [0.2, 0.25) is 5.91 Å². The maximum absolute atomic E-state index is 12.6. The Kier molecular flexibility index (Phi) is 6.12. The van der Waals surface area contributed by atoms with Crippen molar-refractivity contribution in [2.45, 2.75) is 37.8 Å². The topological polar surface area (TPSA) is 41.6 Å². The molecule has 3 rings (SSSR count). The average molecular weight is 390 g/mol. The van der Waals surface area contributed by atoms with E-state index in [4.69, 9.17) is 4.74 Å². The predicted octanol–water partition coefficient (Wildman–Crippen LogP) is 2.77. The predicted molar refractivity (Wildman–Crippen MR) is 92.8 cm³/mol. The van der Waals surface area contributed by atoms with E-state index >= 15 is 0 Å². The van der Waals surface area contributed by atoms with Crippen LogP contribution in [0.1, 0.15) is 24.8 Å². The molecule has 2 unspecified atom stereocenters. The Hall–Kier alpha value is -0.780. The van der Waals surface area contributed by atoms with Crippen LogP contribution in [0.25, 0.3) is 0 Å². The van der Waals surface area contributed by atoms with Crippen LogP contribution in [0.3, 0.4) is 0 Å². The van der Waals surface area contributed by atoms with Crippen LogP contribution in [0.15, 0.2) is 22.7 Å². The Morgan fingerprint density at radius 3 is 2.91 bits per heavy atom. The van der Waals surface area contributed by atoms with Gasteiger partial charge in [0.1, 0.15) is 5.75 Å². The van der Waals surface area contributed by atoms with Gasteiger partial charge >= 0.3 is 0 Å². The second-order valence-electron chi connectivity index (χ2n) is 5.90. The van der Waals surface area contributed by atoms with Gasteiger partial charge in [0.05, 0.1) is 13.5 Å². The molecule has 1 aromatic rings. The second kappa shape index (κ2) is 7.66. The highest BCUT2D eigenvalue weighted by atomic mass is 79.9. The van der Waals surface area contributed by atoms with Crippen molar-refractivity contribution in [2.75, 3.05) is 20.2 Å². The molecule has 0 spiro atoms. The zero-order valence-electron chi connectivity index (χ0n) is 12.7. The molecular weight excluding hydrogens is 368 g/mol. The monoisotopic (exact) mass is 388 g/mol. The van der Waals surface area contributed by atoms with Gasteiger partial charge in [-0.15, -0.1) is 12.4 Å². The standard InChI is InChI=1S/C16H21BrN2O2.ClH/c1-21-15-5-2-12(17)8-11(15)9-16(20)19-7-6-13-3-4-14(10-19)18-13;/h2,5,8,13-14,18H,3-4,6-7,9-10H2,1H3;1H. The molecule has 0 aromatic heterocycles. The summed E-state index contributed by atoms with van der Waals surface area (Å²) in [6, 6.07) is 6.89. The minimum absolute atomic E-state index is 0. The van der Waals surface area contributed by atoms with Crippen molar-refractivity contribution in [3.05, 3.63) is 28.2 Å². The average Bonchev–Trinajstić information content (AvgIpc) is 2.78. The van der Waals surface area contributed by atoms with Crippen LogP contribution < -0.4 is 10.1 Å². The molecule has 2 atom stereocenters. The summed E-state index contributed by atoms with van der Waals surface area (Å²) >= 11 is 3.46. The second-order valence-corrected chi connectivity index (χ2v) is 6.81. The van der Waals surface area contributed by atoms with Crippen molar-refractivity contribution in [1.29, 1.82) is 0 Å². The van der Waals surface area contributed by atoms with Crippen molar-refractivity contribution in [3.8, 4) is 5.75 Å². The van der Waals surface area contributed by atoms with Crippen LogP contribution >= 0.6 is 28.3 Å². The van der Waals surface area contributed by atoms with E-state index in [2.05, 4.69) is 21.2 Å². The summed E-state index contributed by atoms with van der Waals surface area (Å²) in [5, 5.41) is 3.61. The number of hydrogen-bond donors (Lipinski definition) is 1.